The van der Waals surface area contributed by atoms with Gasteiger partial charge in [-0.05, 0) is 6.07 Å². The van der Waals surface area contributed by atoms with E-state index in [2.05, 4.69) is 6.58 Å². The summed E-state index contributed by atoms with van der Waals surface area (Å²) in [4.78, 5) is 10.5. The van der Waals surface area contributed by atoms with E-state index in [1.54, 1.807) is 18.2 Å². The van der Waals surface area contributed by atoms with Gasteiger partial charge in [-0.2, -0.15) is 0 Å². The van der Waals surface area contributed by atoms with Gasteiger partial charge in [0.15, 0.2) is 0 Å². The van der Waals surface area contributed by atoms with E-state index in [0.717, 1.165) is 5.92 Å². The lowest BCUT2D eigenvalue weighted by Gasteiger charge is -2.07. The summed E-state index contributed by atoms with van der Waals surface area (Å²) in [5, 5.41) is 10.9. The Morgan fingerprint density at radius 1 is 1.50 bits per heavy atom. The minimum Gasteiger partial charge on any atom is -0.258 e. The zero-order valence-electron chi connectivity index (χ0n) is 8.28. The van der Waals surface area contributed by atoms with Crippen molar-refractivity contribution in [2.24, 2.45) is 0 Å². The Kier molecular flexibility index (Phi) is 3.02. The third-order valence-electron chi connectivity index (χ3n) is 2.01. The van der Waals surface area contributed by atoms with Gasteiger partial charge in [-0.3, -0.25) is 10.1 Å². The first kappa shape index (κ1) is 10.4. The summed E-state index contributed by atoms with van der Waals surface area (Å²) in [6.07, 6.45) is 1.50. The van der Waals surface area contributed by atoms with Crippen molar-refractivity contribution >= 4 is 11.8 Å². The first-order valence-corrected chi connectivity index (χ1v) is 4.28. The van der Waals surface area contributed by atoms with Gasteiger partial charge in [-0.25, -0.2) is 0 Å². The molecule has 1 aromatic rings. The number of rotatable bonds is 3. The van der Waals surface area contributed by atoms with Crippen LogP contribution in [-0.2, 0) is 0 Å². The summed E-state index contributed by atoms with van der Waals surface area (Å²) < 4.78 is 0. The molecule has 0 fully saturated rings. The van der Waals surface area contributed by atoms with Crippen molar-refractivity contribution in [2.45, 2.75) is 13.8 Å². The van der Waals surface area contributed by atoms with E-state index >= 15 is 0 Å². The smallest absolute Gasteiger partial charge is 0.258 e. The lowest BCUT2D eigenvalue weighted by molar-refractivity contribution is -0.385. The zero-order chi connectivity index (χ0) is 10.7. The molecule has 0 aromatic heterocycles. The number of benzene rings is 1. The predicted octanol–water partition coefficient (Wildman–Crippen LogP) is 3.20. The van der Waals surface area contributed by atoms with Crippen molar-refractivity contribution in [3.05, 3.63) is 51.9 Å². The molecule has 0 aliphatic carbocycles. The largest absolute Gasteiger partial charge is 0.280 e. The molecule has 73 valence electrons. The van der Waals surface area contributed by atoms with Crippen molar-refractivity contribution in [1.82, 2.24) is 0 Å². The molecule has 0 N–H and O–H groups in total. The van der Waals surface area contributed by atoms with E-state index in [1.165, 1.54) is 6.08 Å². The summed E-state index contributed by atoms with van der Waals surface area (Å²) in [7, 11) is 0. The van der Waals surface area contributed by atoms with Crippen molar-refractivity contribution in [3.63, 3.8) is 0 Å². The average molecular weight is 190 g/mol. The topological polar surface area (TPSA) is 43.1 Å². The van der Waals surface area contributed by atoms with Gasteiger partial charge in [0.2, 0.25) is 0 Å². The van der Waals surface area contributed by atoms with Gasteiger partial charge in [0, 0.05) is 11.5 Å². The molecule has 0 aliphatic heterocycles. The molecule has 0 unspecified atom stereocenters. The van der Waals surface area contributed by atoms with Crippen LogP contribution in [0.1, 0.15) is 25.0 Å². The Morgan fingerprint density at radius 3 is 2.57 bits per heavy atom. The van der Waals surface area contributed by atoms with Gasteiger partial charge in [0.1, 0.15) is 0 Å². The Bertz CT molecular complexity index is 370. The molecule has 0 atom stereocenters. The molecule has 1 aromatic carbocycles. The van der Waals surface area contributed by atoms with Crippen LogP contribution in [0.4, 0.5) is 5.69 Å². The van der Waals surface area contributed by atoms with Crippen molar-refractivity contribution in [1.29, 1.82) is 0 Å². The highest BCUT2D eigenvalue weighted by atomic mass is 16.6. The Balaban J connectivity index is 3.43. The Labute approximate surface area is 83.2 Å². The molecule has 0 bridgehead atoms. The summed E-state index contributed by atoms with van der Waals surface area (Å²) in [5.41, 5.74) is 1.38. The van der Waals surface area contributed by atoms with Crippen molar-refractivity contribution in [2.75, 3.05) is 0 Å². The first-order valence-electron chi connectivity index (χ1n) is 4.28. The van der Waals surface area contributed by atoms with Crippen LogP contribution >= 0.6 is 0 Å². The third-order valence-corrected chi connectivity index (χ3v) is 2.01. The quantitative estimate of drug-likeness (QED) is 0.542. The first-order chi connectivity index (χ1) is 6.57. The van der Waals surface area contributed by atoms with E-state index in [1.807, 2.05) is 13.8 Å². The van der Waals surface area contributed by atoms with Gasteiger partial charge in [-0.15, -0.1) is 0 Å². The van der Waals surface area contributed by atoms with Crippen LogP contribution in [0.25, 0.3) is 6.08 Å². The maximum Gasteiger partial charge on any atom is 0.280 e. The van der Waals surface area contributed by atoms with Crippen LogP contribution in [0.2, 0.25) is 0 Å². The summed E-state index contributed by atoms with van der Waals surface area (Å²) in [6, 6.07) is 5.24. The van der Waals surface area contributed by atoms with E-state index in [0.29, 0.717) is 11.1 Å². The molecule has 0 saturated carbocycles. The fraction of sp³-hybridized carbons (Fsp3) is 0.182. The highest BCUT2D eigenvalue weighted by Crippen LogP contribution is 2.29. The number of nitro groups is 1. The van der Waals surface area contributed by atoms with Crippen LogP contribution in [0.15, 0.2) is 24.8 Å². The van der Waals surface area contributed by atoms with Crippen molar-refractivity contribution in [3.8, 4) is 0 Å². The average Bonchev–Trinajstić information content (AvgIpc) is 2.16. The number of nitro benzene ring substituents is 1. The normalized spacial score (nSPS) is 10.2. The summed E-state index contributed by atoms with van der Waals surface area (Å²) >= 11 is 0. The molecule has 1 radical (unpaired) electrons. The van der Waals surface area contributed by atoms with E-state index in [9.17, 15) is 10.1 Å². The summed E-state index contributed by atoms with van der Waals surface area (Å²) in [5.74, 6) is 0.931. The molecule has 0 heterocycles. The van der Waals surface area contributed by atoms with Gasteiger partial charge in [0.25, 0.3) is 5.69 Å². The van der Waals surface area contributed by atoms with E-state index in [-0.39, 0.29) is 10.6 Å². The van der Waals surface area contributed by atoms with Crippen LogP contribution in [0, 0.1) is 16.0 Å². The molecule has 1 rings (SSSR count). The maximum atomic E-state index is 10.9. The highest BCUT2D eigenvalue weighted by Gasteiger charge is 2.19. The molecule has 3 heteroatoms. The van der Waals surface area contributed by atoms with Crippen LogP contribution < -0.4 is 0 Å². The molecule has 0 amide bonds. The lowest BCUT2D eigenvalue weighted by Crippen LogP contribution is -1.99. The number of hydrogen-bond acceptors (Lipinski definition) is 2. The van der Waals surface area contributed by atoms with Gasteiger partial charge in [-0.1, -0.05) is 38.6 Å². The van der Waals surface area contributed by atoms with E-state index in [4.69, 9.17) is 0 Å². The number of hydrogen-bond donors (Lipinski definition) is 0. The van der Waals surface area contributed by atoms with Crippen LogP contribution in [-0.4, -0.2) is 4.92 Å². The van der Waals surface area contributed by atoms with Gasteiger partial charge in [0.05, 0.1) is 10.5 Å². The van der Waals surface area contributed by atoms with Crippen LogP contribution in [0.3, 0.4) is 0 Å². The number of nitrogens with zero attached hydrogens (tertiary/aromatic N) is 1. The molecule has 14 heavy (non-hydrogen) atoms. The zero-order valence-corrected chi connectivity index (χ0v) is 8.28. The Morgan fingerprint density at radius 2 is 2.14 bits per heavy atom. The van der Waals surface area contributed by atoms with Gasteiger partial charge >= 0.3 is 0 Å². The third kappa shape index (κ3) is 1.82. The summed E-state index contributed by atoms with van der Waals surface area (Å²) in [6.45, 7) is 7.27. The minimum absolute atomic E-state index is 0.141. The molecule has 0 spiro atoms. The highest BCUT2D eigenvalue weighted by molar-refractivity contribution is 5.65. The van der Waals surface area contributed by atoms with Crippen LogP contribution in [0.5, 0.6) is 0 Å². The second-order valence-electron chi connectivity index (χ2n) is 3.20. The Hall–Kier alpha value is -1.64. The molecule has 3 nitrogen and oxygen atoms in total. The van der Waals surface area contributed by atoms with E-state index < -0.39 is 0 Å². The predicted molar refractivity (Wildman–Crippen MR) is 56.9 cm³/mol. The number of para-hydroxylation sites is 1. The van der Waals surface area contributed by atoms with Crippen molar-refractivity contribution < 1.29 is 4.92 Å². The molecule has 0 saturated heterocycles. The fourth-order valence-corrected chi connectivity index (χ4v) is 1.33. The molecule has 0 aliphatic rings. The second-order valence-corrected chi connectivity index (χ2v) is 3.20. The standard InChI is InChI=1S/C11H12NO2/c1-4-9-6-5-7-10(8(2)3)11(9)12(13)14/h4-7H,1H2,2-3H3. The van der Waals surface area contributed by atoms with Gasteiger partial charge < -0.3 is 0 Å². The lowest BCUT2D eigenvalue weighted by atomic mass is 9.98. The molecular weight excluding hydrogens is 178 g/mol. The monoisotopic (exact) mass is 190 g/mol. The fourth-order valence-electron chi connectivity index (χ4n) is 1.33. The second kappa shape index (κ2) is 4.05. The maximum absolute atomic E-state index is 10.9. The SMILES string of the molecule is C=Cc1cccc([C](C)C)c1[N+](=O)[O-]. The molecular formula is C11H12NO2. The minimum atomic E-state index is -0.362.